The van der Waals surface area contributed by atoms with Crippen molar-refractivity contribution in [2.45, 2.75) is 26.7 Å². The van der Waals surface area contributed by atoms with Crippen molar-refractivity contribution in [3.8, 4) is 0 Å². The van der Waals surface area contributed by atoms with Crippen molar-refractivity contribution >= 4 is 17.6 Å². The zero-order valence-corrected chi connectivity index (χ0v) is 13.0. The van der Waals surface area contributed by atoms with Crippen molar-refractivity contribution in [2.24, 2.45) is 0 Å². The van der Waals surface area contributed by atoms with Crippen LogP contribution in [-0.4, -0.2) is 24.0 Å². The predicted molar refractivity (Wildman–Crippen MR) is 80.8 cm³/mol. The van der Waals surface area contributed by atoms with Crippen LogP contribution >= 0.6 is 0 Å². The molecule has 6 nitrogen and oxygen atoms in total. The van der Waals surface area contributed by atoms with Gasteiger partial charge >= 0.3 is 5.97 Å². The van der Waals surface area contributed by atoms with Crippen LogP contribution in [0, 0.1) is 13.8 Å². The standard InChI is InChI=1S/C16H18N2O4/c1-9(16(20)21-4)12-6-5-7-13(8-12)18-15(19)14-10(2)22-11(3)17-14/h5-9H,1-4H3,(H,18,19). The second-order valence-corrected chi connectivity index (χ2v) is 4.96. The summed E-state index contributed by atoms with van der Waals surface area (Å²) < 4.78 is 9.97. The minimum Gasteiger partial charge on any atom is -0.469 e. The lowest BCUT2D eigenvalue weighted by atomic mass is 10.0. The molecule has 1 aromatic heterocycles. The Labute approximate surface area is 128 Å². The fraction of sp³-hybridized carbons (Fsp3) is 0.312. The lowest BCUT2D eigenvalue weighted by Crippen LogP contribution is -2.15. The summed E-state index contributed by atoms with van der Waals surface area (Å²) in [6.07, 6.45) is 0. The van der Waals surface area contributed by atoms with Gasteiger partial charge in [-0.05, 0) is 31.5 Å². The van der Waals surface area contributed by atoms with E-state index in [9.17, 15) is 9.59 Å². The molecule has 2 rings (SSSR count). The zero-order valence-electron chi connectivity index (χ0n) is 13.0. The zero-order chi connectivity index (χ0) is 16.3. The fourth-order valence-electron chi connectivity index (χ4n) is 2.13. The Hall–Kier alpha value is -2.63. The molecule has 6 heteroatoms. The number of benzene rings is 1. The molecule has 0 aliphatic heterocycles. The molecular weight excluding hydrogens is 284 g/mol. The molecule has 0 saturated heterocycles. The largest absolute Gasteiger partial charge is 0.469 e. The highest BCUT2D eigenvalue weighted by atomic mass is 16.5. The minimum atomic E-state index is -0.405. The van der Waals surface area contributed by atoms with Crippen LogP contribution in [-0.2, 0) is 9.53 Å². The van der Waals surface area contributed by atoms with Gasteiger partial charge in [-0.25, -0.2) is 4.98 Å². The third-order valence-electron chi connectivity index (χ3n) is 3.32. The Bertz CT molecular complexity index is 706. The fourth-order valence-corrected chi connectivity index (χ4v) is 2.13. The molecule has 0 aliphatic rings. The number of carbonyl (C=O) groups excluding carboxylic acids is 2. The number of nitrogens with zero attached hydrogens (tertiary/aromatic N) is 1. The molecule has 1 atom stereocenters. The summed E-state index contributed by atoms with van der Waals surface area (Å²) in [7, 11) is 1.35. The highest BCUT2D eigenvalue weighted by Gasteiger charge is 2.18. The van der Waals surface area contributed by atoms with Gasteiger partial charge in [-0.3, -0.25) is 9.59 Å². The van der Waals surface area contributed by atoms with Crippen LogP contribution in [0.25, 0.3) is 0 Å². The van der Waals surface area contributed by atoms with Crippen molar-refractivity contribution in [1.82, 2.24) is 4.98 Å². The summed E-state index contributed by atoms with van der Waals surface area (Å²) in [6.45, 7) is 5.12. The van der Waals surface area contributed by atoms with Gasteiger partial charge < -0.3 is 14.5 Å². The van der Waals surface area contributed by atoms with Crippen LogP contribution < -0.4 is 5.32 Å². The van der Waals surface area contributed by atoms with Crippen LogP contribution in [0.4, 0.5) is 5.69 Å². The molecule has 1 N–H and O–H groups in total. The average Bonchev–Trinajstić information content (AvgIpc) is 2.84. The van der Waals surface area contributed by atoms with Gasteiger partial charge in [0.15, 0.2) is 11.6 Å². The maximum atomic E-state index is 12.2. The number of oxazole rings is 1. The minimum absolute atomic E-state index is 0.254. The third-order valence-corrected chi connectivity index (χ3v) is 3.32. The number of methoxy groups -OCH3 is 1. The average molecular weight is 302 g/mol. The smallest absolute Gasteiger partial charge is 0.312 e. The number of hydrogen-bond acceptors (Lipinski definition) is 5. The van der Waals surface area contributed by atoms with Crippen molar-refractivity contribution in [3.05, 3.63) is 47.2 Å². The number of amides is 1. The summed E-state index contributed by atoms with van der Waals surface area (Å²) in [5.41, 5.74) is 1.60. The predicted octanol–water partition coefficient (Wildman–Crippen LogP) is 2.82. The van der Waals surface area contributed by atoms with Gasteiger partial charge in [0.2, 0.25) is 0 Å². The number of nitrogens with one attached hydrogen (secondary N) is 1. The van der Waals surface area contributed by atoms with Gasteiger partial charge in [-0.2, -0.15) is 0 Å². The Morgan fingerprint density at radius 2 is 2.05 bits per heavy atom. The molecule has 22 heavy (non-hydrogen) atoms. The van der Waals surface area contributed by atoms with E-state index in [4.69, 9.17) is 9.15 Å². The number of hydrogen-bond donors (Lipinski definition) is 1. The molecule has 0 aliphatic carbocycles. The number of aryl methyl sites for hydroxylation is 2. The quantitative estimate of drug-likeness (QED) is 0.878. The summed E-state index contributed by atoms with van der Waals surface area (Å²) in [5.74, 6) is -0.175. The number of anilines is 1. The van der Waals surface area contributed by atoms with Gasteiger partial charge in [0.05, 0.1) is 13.0 Å². The van der Waals surface area contributed by atoms with Gasteiger partial charge in [-0.1, -0.05) is 12.1 Å². The first-order valence-electron chi connectivity index (χ1n) is 6.85. The topological polar surface area (TPSA) is 81.4 Å². The first kappa shape index (κ1) is 15.8. The van der Waals surface area contributed by atoms with E-state index in [1.165, 1.54) is 7.11 Å². The van der Waals surface area contributed by atoms with Gasteiger partial charge in [0.25, 0.3) is 5.91 Å². The first-order valence-corrected chi connectivity index (χ1v) is 6.85. The Morgan fingerprint density at radius 3 is 2.64 bits per heavy atom. The lowest BCUT2D eigenvalue weighted by Gasteiger charge is -2.11. The van der Waals surface area contributed by atoms with Gasteiger partial charge in [0, 0.05) is 12.6 Å². The van der Waals surface area contributed by atoms with E-state index in [0.717, 1.165) is 5.56 Å². The first-order chi connectivity index (χ1) is 10.4. The van der Waals surface area contributed by atoms with E-state index >= 15 is 0 Å². The van der Waals surface area contributed by atoms with E-state index in [1.807, 2.05) is 6.07 Å². The van der Waals surface area contributed by atoms with Crippen molar-refractivity contribution in [1.29, 1.82) is 0 Å². The maximum absolute atomic E-state index is 12.2. The number of esters is 1. The maximum Gasteiger partial charge on any atom is 0.312 e. The van der Waals surface area contributed by atoms with Crippen LogP contribution in [0.15, 0.2) is 28.7 Å². The summed E-state index contributed by atoms with van der Waals surface area (Å²) in [6, 6.07) is 7.06. The van der Waals surface area contributed by atoms with Gasteiger partial charge in [0.1, 0.15) is 5.76 Å². The van der Waals surface area contributed by atoms with E-state index in [-0.39, 0.29) is 17.6 Å². The van der Waals surface area contributed by atoms with E-state index in [0.29, 0.717) is 17.3 Å². The molecule has 0 fully saturated rings. The third kappa shape index (κ3) is 3.33. The van der Waals surface area contributed by atoms with E-state index in [1.54, 1.807) is 39.0 Å². The summed E-state index contributed by atoms with van der Waals surface area (Å²) >= 11 is 0. The van der Waals surface area contributed by atoms with Crippen LogP contribution in [0.5, 0.6) is 0 Å². The second kappa shape index (κ2) is 6.43. The monoisotopic (exact) mass is 302 g/mol. The normalized spacial score (nSPS) is 11.8. The number of aromatic nitrogens is 1. The molecule has 1 aromatic carbocycles. The number of carbonyl (C=O) groups is 2. The summed E-state index contributed by atoms with van der Waals surface area (Å²) in [5, 5.41) is 2.75. The van der Waals surface area contributed by atoms with Crippen LogP contribution in [0.2, 0.25) is 0 Å². The molecule has 1 amide bonds. The number of rotatable bonds is 4. The molecular formula is C16H18N2O4. The highest BCUT2D eigenvalue weighted by Crippen LogP contribution is 2.21. The summed E-state index contributed by atoms with van der Waals surface area (Å²) in [4.78, 5) is 27.8. The SMILES string of the molecule is COC(=O)C(C)c1cccc(NC(=O)c2nc(C)oc2C)c1. The molecule has 116 valence electrons. The molecule has 0 radical (unpaired) electrons. The van der Waals surface area contributed by atoms with Crippen LogP contribution in [0.3, 0.4) is 0 Å². The molecule has 0 bridgehead atoms. The van der Waals surface area contributed by atoms with E-state index < -0.39 is 5.92 Å². The van der Waals surface area contributed by atoms with Crippen molar-refractivity contribution in [3.63, 3.8) is 0 Å². The molecule has 1 unspecified atom stereocenters. The Morgan fingerprint density at radius 1 is 1.32 bits per heavy atom. The van der Waals surface area contributed by atoms with Crippen molar-refractivity contribution in [2.75, 3.05) is 12.4 Å². The molecule has 2 aromatic rings. The molecule has 0 saturated carbocycles. The second-order valence-electron chi connectivity index (χ2n) is 4.96. The lowest BCUT2D eigenvalue weighted by molar-refractivity contribution is -0.141. The Kier molecular flexibility index (Phi) is 4.60. The Balaban J connectivity index is 2.18. The molecule has 0 spiro atoms. The highest BCUT2D eigenvalue weighted by molar-refractivity contribution is 6.03. The molecule has 1 heterocycles. The van der Waals surface area contributed by atoms with Crippen LogP contribution in [0.1, 0.15) is 40.5 Å². The van der Waals surface area contributed by atoms with E-state index in [2.05, 4.69) is 10.3 Å². The van der Waals surface area contributed by atoms with Gasteiger partial charge in [-0.15, -0.1) is 0 Å². The van der Waals surface area contributed by atoms with Crippen molar-refractivity contribution < 1.29 is 18.7 Å². The number of ether oxygens (including phenoxy) is 1.